The summed E-state index contributed by atoms with van der Waals surface area (Å²) >= 11 is 3.18. The second-order valence-corrected chi connectivity index (χ2v) is 6.65. The van der Waals surface area contributed by atoms with Crippen LogP contribution < -0.4 is 0 Å². The van der Waals surface area contributed by atoms with E-state index in [-0.39, 0.29) is 24.4 Å². The standard InChI is InChI=1S/C16H18BrF3N2O2/c1-21(13(23)8-10-22-9-2-3-14(22)24)15(16(18,19)20)11-4-6-12(17)7-5-11/h4-7,15H,2-3,8-10H2,1H3. The molecule has 0 spiro atoms. The number of amides is 2. The predicted molar refractivity (Wildman–Crippen MR) is 86.1 cm³/mol. The maximum atomic E-state index is 13.5. The highest BCUT2D eigenvalue weighted by molar-refractivity contribution is 9.10. The predicted octanol–water partition coefficient (Wildman–Crippen LogP) is 3.52. The highest BCUT2D eigenvalue weighted by atomic mass is 79.9. The van der Waals surface area contributed by atoms with Crippen molar-refractivity contribution in [3.8, 4) is 0 Å². The van der Waals surface area contributed by atoms with Gasteiger partial charge >= 0.3 is 6.18 Å². The van der Waals surface area contributed by atoms with Gasteiger partial charge in [-0.2, -0.15) is 13.2 Å². The molecule has 1 aliphatic heterocycles. The Bertz CT molecular complexity index is 604. The van der Waals surface area contributed by atoms with Gasteiger partial charge in [0.25, 0.3) is 0 Å². The molecule has 0 bridgehead atoms. The van der Waals surface area contributed by atoms with Crippen LogP contribution in [-0.2, 0) is 9.59 Å². The Morgan fingerprint density at radius 1 is 1.33 bits per heavy atom. The molecule has 2 amide bonds. The van der Waals surface area contributed by atoms with Crippen LogP contribution >= 0.6 is 15.9 Å². The molecule has 4 nitrogen and oxygen atoms in total. The summed E-state index contributed by atoms with van der Waals surface area (Å²) in [5, 5.41) is 0. The molecule has 2 rings (SSSR count). The third-order valence-corrected chi connectivity index (χ3v) is 4.57. The van der Waals surface area contributed by atoms with E-state index < -0.39 is 18.1 Å². The van der Waals surface area contributed by atoms with Crippen molar-refractivity contribution in [1.29, 1.82) is 0 Å². The lowest BCUT2D eigenvalue weighted by atomic mass is 10.0. The molecule has 0 saturated carbocycles. The Morgan fingerprint density at radius 2 is 1.96 bits per heavy atom. The molecule has 0 radical (unpaired) electrons. The van der Waals surface area contributed by atoms with Gasteiger partial charge in [0.05, 0.1) is 0 Å². The van der Waals surface area contributed by atoms with Gasteiger partial charge in [0, 0.05) is 37.5 Å². The minimum atomic E-state index is -4.58. The van der Waals surface area contributed by atoms with Crippen LogP contribution in [0.25, 0.3) is 0 Å². The van der Waals surface area contributed by atoms with Crippen LogP contribution in [0, 0.1) is 0 Å². The summed E-state index contributed by atoms with van der Waals surface area (Å²) in [5.74, 6) is -0.689. The molecular formula is C16H18BrF3N2O2. The molecule has 1 aliphatic rings. The lowest BCUT2D eigenvalue weighted by molar-refractivity contribution is -0.189. The fourth-order valence-corrected chi connectivity index (χ4v) is 3.03. The molecule has 1 aromatic carbocycles. The van der Waals surface area contributed by atoms with Crippen LogP contribution in [0.1, 0.15) is 30.9 Å². The van der Waals surface area contributed by atoms with Crippen molar-refractivity contribution in [2.24, 2.45) is 0 Å². The van der Waals surface area contributed by atoms with Gasteiger partial charge in [-0.25, -0.2) is 0 Å². The normalized spacial score (nSPS) is 16.4. The summed E-state index contributed by atoms with van der Waals surface area (Å²) in [6.07, 6.45) is -3.53. The van der Waals surface area contributed by atoms with Gasteiger partial charge in [-0.15, -0.1) is 0 Å². The number of alkyl halides is 3. The van der Waals surface area contributed by atoms with Crippen LogP contribution in [0.4, 0.5) is 13.2 Å². The largest absolute Gasteiger partial charge is 0.413 e. The molecule has 1 saturated heterocycles. The lowest BCUT2D eigenvalue weighted by Gasteiger charge is -2.31. The van der Waals surface area contributed by atoms with Crippen molar-refractivity contribution in [1.82, 2.24) is 9.80 Å². The van der Waals surface area contributed by atoms with Crippen LogP contribution in [-0.4, -0.2) is 47.9 Å². The van der Waals surface area contributed by atoms with Crippen molar-refractivity contribution in [3.05, 3.63) is 34.3 Å². The summed E-state index contributed by atoms with van der Waals surface area (Å²) < 4.78 is 41.0. The molecule has 24 heavy (non-hydrogen) atoms. The van der Waals surface area contributed by atoms with Crippen molar-refractivity contribution in [2.45, 2.75) is 31.5 Å². The Labute approximate surface area is 146 Å². The van der Waals surface area contributed by atoms with E-state index in [2.05, 4.69) is 15.9 Å². The van der Waals surface area contributed by atoms with E-state index in [9.17, 15) is 22.8 Å². The van der Waals surface area contributed by atoms with Crippen LogP contribution in [0.5, 0.6) is 0 Å². The first kappa shape index (κ1) is 18.8. The van der Waals surface area contributed by atoms with Crippen LogP contribution in [0.2, 0.25) is 0 Å². The zero-order chi connectivity index (χ0) is 17.9. The molecule has 1 fully saturated rings. The van der Waals surface area contributed by atoms with Crippen molar-refractivity contribution in [3.63, 3.8) is 0 Å². The van der Waals surface area contributed by atoms with Crippen molar-refractivity contribution in [2.75, 3.05) is 20.1 Å². The number of benzene rings is 1. The van der Waals surface area contributed by atoms with Gasteiger partial charge in [-0.05, 0) is 24.1 Å². The van der Waals surface area contributed by atoms with Crippen molar-refractivity contribution < 1.29 is 22.8 Å². The second-order valence-electron chi connectivity index (χ2n) is 5.73. The van der Waals surface area contributed by atoms with Gasteiger partial charge in [0.15, 0.2) is 6.04 Å². The van der Waals surface area contributed by atoms with Crippen LogP contribution in [0.15, 0.2) is 28.7 Å². The fourth-order valence-electron chi connectivity index (χ4n) is 2.77. The molecule has 1 aromatic rings. The Kier molecular flexibility index (Phi) is 5.90. The number of carbonyl (C=O) groups is 2. The average Bonchev–Trinajstić information content (AvgIpc) is 2.91. The quantitative estimate of drug-likeness (QED) is 0.750. The van der Waals surface area contributed by atoms with E-state index in [4.69, 9.17) is 0 Å². The van der Waals surface area contributed by atoms with Gasteiger partial charge in [-0.3, -0.25) is 9.59 Å². The first-order valence-corrected chi connectivity index (χ1v) is 8.35. The van der Waals surface area contributed by atoms with E-state index in [0.29, 0.717) is 22.3 Å². The number of likely N-dealkylation sites (tertiary alicyclic amines) is 1. The molecule has 0 aromatic heterocycles. The lowest BCUT2D eigenvalue weighted by Crippen LogP contribution is -2.41. The summed E-state index contributed by atoms with van der Waals surface area (Å²) in [4.78, 5) is 26.0. The van der Waals surface area contributed by atoms with Gasteiger partial charge in [0.1, 0.15) is 0 Å². The topological polar surface area (TPSA) is 40.6 Å². The molecular weight excluding hydrogens is 389 g/mol. The van der Waals surface area contributed by atoms with Crippen LogP contribution in [0.3, 0.4) is 0 Å². The molecule has 8 heteroatoms. The summed E-state index contributed by atoms with van der Waals surface area (Å²) in [6.45, 7) is 0.720. The minimum Gasteiger partial charge on any atom is -0.342 e. The average molecular weight is 407 g/mol. The molecule has 1 heterocycles. The number of hydrogen-bond donors (Lipinski definition) is 0. The third kappa shape index (κ3) is 4.49. The zero-order valence-electron chi connectivity index (χ0n) is 13.1. The number of hydrogen-bond acceptors (Lipinski definition) is 2. The molecule has 0 N–H and O–H groups in total. The van der Waals surface area contributed by atoms with E-state index in [0.717, 1.165) is 13.5 Å². The van der Waals surface area contributed by atoms with Crippen molar-refractivity contribution >= 4 is 27.7 Å². The molecule has 0 aliphatic carbocycles. The van der Waals surface area contributed by atoms with Gasteiger partial charge < -0.3 is 9.80 Å². The SMILES string of the molecule is CN(C(=O)CCN1CCCC1=O)C(c1ccc(Br)cc1)C(F)(F)F. The minimum absolute atomic E-state index is 0.00111. The molecule has 1 atom stereocenters. The zero-order valence-corrected chi connectivity index (χ0v) is 14.7. The smallest absolute Gasteiger partial charge is 0.342 e. The highest BCUT2D eigenvalue weighted by Gasteiger charge is 2.45. The Morgan fingerprint density at radius 3 is 2.46 bits per heavy atom. The monoisotopic (exact) mass is 406 g/mol. The second kappa shape index (κ2) is 7.55. The Balaban J connectivity index is 2.09. The number of halogens is 4. The first-order chi connectivity index (χ1) is 11.2. The summed E-state index contributed by atoms with van der Waals surface area (Å²) in [6, 6.07) is 3.70. The van der Waals surface area contributed by atoms with Gasteiger partial charge in [-0.1, -0.05) is 28.1 Å². The molecule has 132 valence electrons. The number of rotatable bonds is 5. The number of nitrogens with zero attached hydrogens (tertiary/aromatic N) is 2. The van der Waals surface area contributed by atoms with E-state index in [1.807, 2.05) is 0 Å². The Hall–Kier alpha value is -1.57. The van der Waals surface area contributed by atoms with E-state index >= 15 is 0 Å². The van der Waals surface area contributed by atoms with E-state index in [1.165, 1.54) is 29.2 Å². The third-order valence-electron chi connectivity index (χ3n) is 4.04. The fraction of sp³-hybridized carbons (Fsp3) is 0.500. The highest BCUT2D eigenvalue weighted by Crippen LogP contribution is 2.37. The molecule has 1 unspecified atom stereocenters. The number of carbonyl (C=O) groups excluding carboxylic acids is 2. The summed E-state index contributed by atoms with van der Waals surface area (Å²) in [7, 11) is 1.15. The maximum Gasteiger partial charge on any atom is 0.413 e. The first-order valence-electron chi connectivity index (χ1n) is 7.56. The van der Waals surface area contributed by atoms with Gasteiger partial charge in [0.2, 0.25) is 11.8 Å². The maximum absolute atomic E-state index is 13.5. The van der Waals surface area contributed by atoms with E-state index in [1.54, 1.807) is 0 Å². The summed E-state index contributed by atoms with van der Waals surface area (Å²) in [5.41, 5.74) is -0.00111.